The molecule has 3 rings (SSSR count). The second kappa shape index (κ2) is 8.81. The van der Waals surface area contributed by atoms with Crippen LogP contribution in [0, 0.1) is 0 Å². The van der Waals surface area contributed by atoms with Crippen LogP contribution in [0.4, 0.5) is 5.82 Å². The zero-order valence-electron chi connectivity index (χ0n) is 14.6. The third kappa shape index (κ3) is 5.05. The first kappa shape index (κ1) is 16.9. The van der Waals surface area contributed by atoms with Gasteiger partial charge in [-0.25, -0.2) is 4.98 Å². The van der Waals surface area contributed by atoms with Crippen LogP contribution in [-0.4, -0.2) is 47.5 Å². The molecule has 1 saturated heterocycles. The molecule has 1 aliphatic heterocycles. The number of benzene rings is 1. The topological polar surface area (TPSA) is 31.4 Å². The van der Waals surface area contributed by atoms with Gasteiger partial charge in [-0.1, -0.05) is 37.3 Å². The van der Waals surface area contributed by atoms with Crippen LogP contribution >= 0.6 is 0 Å². The summed E-state index contributed by atoms with van der Waals surface area (Å²) in [6, 6.07) is 15.1. The van der Waals surface area contributed by atoms with Gasteiger partial charge in [0.15, 0.2) is 0 Å². The number of nitrogens with one attached hydrogen (secondary N) is 1. The molecule has 128 valence electrons. The number of pyridine rings is 1. The van der Waals surface area contributed by atoms with Gasteiger partial charge in [-0.15, -0.1) is 0 Å². The highest BCUT2D eigenvalue weighted by Gasteiger charge is 2.17. The summed E-state index contributed by atoms with van der Waals surface area (Å²) in [4.78, 5) is 9.48. The third-order valence-electron chi connectivity index (χ3n) is 4.50. The van der Waals surface area contributed by atoms with Crippen molar-refractivity contribution in [1.29, 1.82) is 0 Å². The molecule has 4 heteroatoms. The first-order chi connectivity index (χ1) is 11.8. The lowest BCUT2D eigenvalue weighted by Crippen LogP contribution is -2.45. The molecule has 0 aliphatic carbocycles. The molecule has 1 fully saturated rings. The van der Waals surface area contributed by atoms with Crippen molar-refractivity contribution in [1.82, 2.24) is 14.8 Å². The zero-order chi connectivity index (χ0) is 16.6. The molecular formula is C20H28N4. The van der Waals surface area contributed by atoms with E-state index in [0.717, 1.165) is 58.1 Å². The van der Waals surface area contributed by atoms with Crippen LogP contribution in [0.1, 0.15) is 24.5 Å². The molecule has 24 heavy (non-hydrogen) atoms. The van der Waals surface area contributed by atoms with E-state index in [1.54, 1.807) is 0 Å². The molecule has 0 saturated carbocycles. The molecule has 0 atom stereocenters. The fourth-order valence-corrected chi connectivity index (χ4v) is 3.13. The Labute approximate surface area is 145 Å². The minimum Gasteiger partial charge on any atom is -0.370 e. The van der Waals surface area contributed by atoms with Gasteiger partial charge in [0.25, 0.3) is 0 Å². The van der Waals surface area contributed by atoms with Crippen molar-refractivity contribution in [2.24, 2.45) is 0 Å². The Morgan fingerprint density at radius 1 is 0.917 bits per heavy atom. The molecule has 0 bridgehead atoms. The van der Waals surface area contributed by atoms with E-state index in [9.17, 15) is 0 Å². The molecule has 2 heterocycles. The first-order valence-electron chi connectivity index (χ1n) is 9.01. The number of anilines is 1. The Bertz CT molecular complexity index is 606. The number of nitrogens with zero attached hydrogens (tertiary/aromatic N) is 3. The highest BCUT2D eigenvalue weighted by molar-refractivity contribution is 5.37. The molecule has 0 unspecified atom stereocenters. The monoisotopic (exact) mass is 324 g/mol. The van der Waals surface area contributed by atoms with Crippen LogP contribution in [-0.2, 0) is 13.1 Å². The van der Waals surface area contributed by atoms with Crippen molar-refractivity contribution in [2.75, 3.05) is 38.0 Å². The fourth-order valence-electron chi connectivity index (χ4n) is 3.13. The number of rotatable bonds is 7. The summed E-state index contributed by atoms with van der Waals surface area (Å²) in [7, 11) is 0. The van der Waals surface area contributed by atoms with Gasteiger partial charge in [0, 0.05) is 52.0 Å². The van der Waals surface area contributed by atoms with Gasteiger partial charge in [-0.2, -0.15) is 0 Å². The highest BCUT2D eigenvalue weighted by Crippen LogP contribution is 2.13. The maximum absolute atomic E-state index is 4.39. The standard InChI is InChI=1S/C20H28N4/c1-2-9-21-20-15-19(8-10-22-20)17-24-13-11-23(12-14-24)16-18-6-4-3-5-7-18/h3-8,10,15H,2,9,11-14,16-17H2,1H3,(H,21,22). The van der Waals surface area contributed by atoms with E-state index in [-0.39, 0.29) is 0 Å². The molecule has 0 radical (unpaired) electrons. The zero-order valence-corrected chi connectivity index (χ0v) is 14.6. The smallest absolute Gasteiger partial charge is 0.126 e. The predicted molar refractivity (Wildman–Crippen MR) is 100 cm³/mol. The molecule has 4 nitrogen and oxygen atoms in total. The summed E-state index contributed by atoms with van der Waals surface area (Å²) in [5, 5.41) is 3.37. The summed E-state index contributed by atoms with van der Waals surface area (Å²) in [5.41, 5.74) is 2.76. The number of hydrogen-bond acceptors (Lipinski definition) is 4. The van der Waals surface area contributed by atoms with Crippen molar-refractivity contribution < 1.29 is 0 Å². The second-order valence-corrected chi connectivity index (χ2v) is 6.51. The summed E-state index contributed by atoms with van der Waals surface area (Å²) < 4.78 is 0. The van der Waals surface area contributed by atoms with E-state index in [2.05, 4.69) is 69.5 Å². The molecular weight excluding hydrogens is 296 g/mol. The summed E-state index contributed by atoms with van der Waals surface area (Å²) in [5.74, 6) is 0.997. The third-order valence-corrected chi connectivity index (χ3v) is 4.50. The van der Waals surface area contributed by atoms with Crippen LogP contribution in [0.2, 0.25) is 0 Å². The molecule has 1 N–H and O–H groups in total. The highest BCUT2D eigenvalue weighted by atomic mass is 15.3. The molecule has 1 aromatic heterocycles. The lowest BCUT2D eigenvalue weighted by Gasteiger charge is -2.34. The second-order valence-electron chi connectivity index (χ2n) is 6.51. The predicted octanol–water partition coefficient (Wildman–Crippen LogP) is 3.22. The SMILES string of the molecule is CCCNc1cc(CN2CCN(Cc3ccccc3)CC2)ccn1. The number of aromatic nitrogens is 1. The normalized spacial score (nSPS) is 16.2. The van der Waals surface area contributed by atoms with E-state index in [0.29, 0.717) is 0 Å². The van der Waals surface area contributed by atoms with Crippen LogP contribution < -0.4 is 5.32 Å². The van der Waals surface area contributed by atoms with Crippen LogP contribution in [0.25, 0.3) is 0 Å². The molecule has 0 amide bonds. The lowest BCUT2D eigenvalue weighted by molar-refractivity contribution is 0.122. The van der Waals surface area contributed by atoms with Gasteiger partial charge in [0.2, 0.25) is 0 Å². The fraction of sp³-hybridized carbons (Fsp3) is 0.450. The molecule has 1 aliphatic rings. The van der Waals surface area contributed by atoms with E-state index in [4.69, 9.17) is 0 Å². The van der Waals surface area contributed by atoms with Crippen LogP contribution in [0.15, 0.2) is 48.7 Å². The maximum Gasteiger partial charge on any atom is 0.126 e. The maximum atomic E-state index is 4.39. The van der Waals surface area contributed by atoms with Gasteiger partial charge in [0.05, 0.1) is 0 Å². The Hall–Kier alpha value is -1.91. The van der Waals surface area contributed by atoms with E-state index in [1.165, 1.54) is 11.1 Å². The van der Waals surface area contributed by atoms with Crippen molar-refractivity contribution in [3.05, 3.63) is 59.8 Å². The number of hydrogen-bond donors (Lipinski definition) is 1. The lowest BCUT2D eigenvalue weighted by atomic mass is 10.2. The number of piperazine rings is 1. The van der Waals surface area contributed by atoms with E-state index < -0.39 is 0 Å². The minimum absolute atomic E-state index is 0.981. The van der Waals surface area contributed by atoms with Crippen molar-refractivity contribution in [2.45, 2.75) is 26.4 Å². The van der Waals surface area contributed by atoms with Gasteiger partial charge in [0.1, 0.15) is 5.82 Å². The minimum atomic E-state index is 0.981. The van der Waals surface area contributed by atoms with Gasteiger partial charge >= 0.3 is 0 Å². The first-order valence-corrected chi connectivity index (χ1v) is 9.01. The average Bonchev–Trinajstić information content (AvgIpc) is 2.63. The van der Waals surface area contributed by atoms with Crippen LogP contribution in [0.3, 0.4) is 0 Å². The van der Waals surface area contributed by atoms with Crippen molar-refractivity contribution in [3.63, 3.8) is 0 Å². The van der Waals surface area contributed by atoms with Crippen molar-refractivity contribution >= 4 is 5.82 Å². The van der Waals surface area contributed by atoms with E-state index >= 15 is 0 Å². The summed E-state index contributed by atoms with van der Waals surface area (Å²) >= 11 is 0. The van der Waals surface area contributed by atoms with Crippen LogP contribution in [0.5, 0.6) is 0 Å². The van der Waals surface area contributed by atoms with E-state index in [1.807, 2.05) is 6.20 Å². The van der Waals surface area contributed by atoms with Gasteiger partial charge in [-0.05, 0) is 29.7 Å². The molecule has 2 aromatic rings. The van der Waals surface area contributed by atoms with Gasteiger partial charge in [-0.3, -0.25) is 9.80 Å². The Morgan fingerprint density at radius 2 is 1.58 bits per heavy atom. The molecule has 1 aromatic carbocycles. The Balaban J connectivity index is 1.47. The summed E-state index contributed by atoms with van der Waals surface area (Å²) in [6.45, 7) is 9.78. The van der Waals surface area contributed by atoms with Crippen molar-refractivity contribution in [3.8, 4) is 0 Å². The molecule has 0 spiro atoms. The Kier molecular flexibility index (Phi) is 6.21. The van der Waals surface area contributed by atoms with Gasteiger partial charge < -0.3 is 5.32 Å². The quantitative estimate of drug-likeness (QED) is 0.847. The summed E-state index contributed by atoms with van der Waals surface area (Å²) in [6.07, 6.45) is 3.04. The largest absolute Gasteiger partial charge is 0.370 e. The Morgan fingerprint density at radius 3 is 2.25 bits per heavy atom. The average molecular weight is 324 g/mol.